The summed E-state index contributed by atoms with van der Waals surface area (Å²) < 4.78 is 21.3. The maximum Gasteiger partial charge on any atom is 0.171 e. The molecule has 0 aliphatic rings. The van der Waals surface area contributed by atoms with E-state index in [4.69, 9.17) is 11.6 Å². The van der Waals surface area contributed by atoms with Crippen LogP contribution in [-0.4, -0.2) is 13.4 Å². The molecule has 1 heterocycles. The molecule has 11 heavy (non-hydrogen) atoms. The van der Waals surface area contributed by atoms with Crippen molar-refractivity contribution in [3.63, 3.8) is 0 Å². The fourth-order valence-corrected chi connectivity index (χ4v) is 1.88. The van der Waals surface area contributed by atoms with Crippen molar-refractivity contribution in [3.05, 3.63) is 21.9 Å². The first kappa shape index (κ1) is 8.96. The van der Waals surface area contributed by atoms with Gasteiger partial charge in [0.05, 0.1) is 9.92 Å². The lowest BCUT2D eigenvalue weighted by atomic mass is 10.5. The van der Waals surface area contributed by atoms with Crippen molar-refractivity contribution in [1.29, 1.82) is 0 Å². The molecule has 0 saturated heterocycles. The van der Waals surface area contributed by atoms with Crippen LogP contribution in [0.25, 0.3) is 0 Å². The molecule has 6 heteroatoms. The van der Waals surface area contributed by atoms with Gasteiger partial charge in [0.15, 0.2) is 10.7 Å². The van der Waals surface area contributed by atoms with Crippen molar-refractivity contribution in [2.45, 2.75) is 4.90 Å². The van der Waals surface area contributed by atoms with Crippen LogP contribution >= 0.6 is 27.5 Å². The Hall–Kier alpha value is -0.130. The van der Waals surface area contributed by atoms with Crippen LogP contribution in [0.4, 0.5) is 0 Å². The fourth-order valence-electron chi connectivity index (χ4n) is 0.540. The van der Waals surface area contributed by atoms with Crippen molar-refractivity contribution in [2.75, 3.05) is 0 Å². The van der Waals surface area contributed by atoms with Crippen molar-refractivity contribution in [3.8, 4) is 0 Å². The van der Waals surface area contributed by atoms with Crippen molar-refractivity contribution >= 4 is 38.2 Å². The molecule has 0 atom stereocenters. The molecular weight excluding hydrogens is 253 g/mol. The molecule has 0 fully saturated rings. The van der Waals surface area contributed by atoms with E-state index in [-0.39, 0.29) is 9.50 Å². The number of nitrogens with zero attached hydrogens (tertiary/aromatic N) is 1. The van der Waals surface area contributed by atoms with E-state index in [9.17, 15) is 8.42 Å². The van der Waals surface area contributed by atoms with Gasteiger partial charge < -0.3 is 0 Å². The molecule has 0 radical (unpaired) electrons. The normalized spacial score (nSPS) is 10.5. The summed E-state index contributed by atoms with van der Waals surface area (Å²) in [7, 11) is -2.63. The minimum atomic E-state index is -2.63. The van der Waals surface area contributed by atoms with Gasteiger partial charge in [-0.15, -0.1) is 0 Å². The maximum absolute atomic E-state index is 10.5. The van der Waals surface area contributed by atoms with E-state index in [1.54, 1.807) is 0 Å². The smallest absolute Gasteiger partial charge is 0.171 e. The van der Waals surface area contributed by atoms with Crippen LogP contribution in [0.5, 0.6) is 0 Å². The molecule has 3 nitrogen and oxygen atoms in total. The summed E-state index contributed by atoms with van der Waals surface area (Å²) in [4.78, 5) is 3.80. The molecule has 0 aromatic carbocycles. The van der Waals surface area contributed by atoms with Crippen LogP contribution in [0.15, 0.2) is 21.8 Å². The second-order valence-electron chi connectivity index (χ2n) is 1.72. The zero-order valence-corrected chi connectivity index (χ0v) is 8.36. The molecule has 0 spiro atoms. The molecule has 1 rings (SSSR count). The monoisotopic (exact) mass is 255 g/mol. The van der Waals surface area contributed by atoms with Crippen LogP contribution in [-0.2, 0) is 10.7 Å². The molecule has 1 aromatic heterocycles. The molecule has 60 valence electrons. The van der Waals surface area contributed by atoms with Crippen LogP contribution < -0.4 is 0 Å². The lowest BCUT2D eigenvalue weighted by molar-refractivity contribution is 0.613. The van der Waals surface area contributed by atoms with E-state index >= 15 is 0 Å². The van der Waals surface area contributed by atoms with Gasteiger partial charge in [-0.3, -0.25) is 0 Å². The third-order valence-electron chi connectivity index (χ3n) is 0.984. The highest BCUT2D eigenvalue weighted by Crippen LogP contribution is 2.18. The Morgan fingerprint density at radius 3 is 2.64 bits per heavy atom. The third kappa shape index (κ3) is 2.15. The molecule has 1 aromatic rings. The second-order valence-corrected chi connectivity index (χ2v) is 3.90. The first-order chi connectivity index (χ1) is 5.11. The minimum absolute atomic E-state index is 0.104. The lowest BCUT2D eigenvalue weighted by Gasteiger charge is -1.94. The summed E-state index contributed by atoms with van der Waals surface area (Å²) in [5.41, 5.74) is 0. The van der Waals surface area contributed by atoms with Gasteiger partial charge in [0.1, 0.15) is 4.60 Å². The summed E-state index contributed by atoms with van der Waals surface area (Å²) in [5, 5.41) is 0.308. The van der Waals surface area contributed by atoms with E-state index in [1.807, 2.05) is 0 Å². The number of thiol groups is 1. The van der Waals surface area contributed by atoms with Crippen LogP contribution in [0.3, 0.4) is 0 Å². The van der Waals surface area contributed by atoms with Gasteiger partial charge in [-0.25, -0.2) is 13.4 Å². The van der Waals surface area contributed by atoms with E-state index in [0.29, 0.717) is 5.02 Å². The number of hydrogen-bond acceptors (Lipinski definition) is 3. The van der Waals surface area contributed by atoms with Crippen molar-refractivity contribution in [1.82, 2.24) is 4.98 Å². The van der Waals surface area contributed by atoms with Gasteiger partial charge in [-0.05, 0) is 22.0 Å². The summed E-state index contributed by atoms with van der Waals surface area (Å²) in [6.45, 7) is 0. The zero-order valence-electron chi connectivity index (χ0n) is 5.12. The Labute approximate surface area is 78.5 Å². The second kappa shape index (κ2) is 3.51. The number of hydrogen-bond donors (Lipinski definition) is 1. The quantitative estimate of drug-likeness (QED) is 0.611. The number of aromatic nitrogens is 1. The SMILES string of the molecule is O=[SH](=O)c1cc(Cl)cnc1Br. The predicted molar refractivity (Wildman–Crippen MR) is 45.5 cm³/mol. The largest absolute Gasteiger partial charge is 0.246 e. The van der Waals surface area contributed by atoms with Crippen molar-refractivity contribution in [2.24, 2.45) is 0 Å². The summed E-state index contributed by atoms with van der Waals surface area (Å²) in [5.74, 6) is 0. The Morgan fingerprint density at radius 2 is 2.18 bits per heavy atom. The highest BCUT2D eigenvalue weighted by molar-refractivity contribution is 9.10. The van der Waals surface area contributed by atoms with Gasteiger partial charge in [-0.2, -0.15) is 0 Å². The van der Waals surface area contributed by atoms with Crippen LogP contribution in [0.1, 0.15) is 0 Å². The molecule has 0 unspecified atom stereocenters. The number of halogens is 2. The number of rotatable bonds is 1. The van der Waals surface area contributed by atoms with E-state index in [0.717, 1.165) is 0 Å². The predicted octanol–water partition coefficient (Wildman–Crippen LogP) is 1.47. The molecular formula is C5H3BrClNO2S. The first-order valence-electron chi connectivity index (χ1n) is 2.56. The average molecular weight is 257 g/mol. The summed E-state index contributed by atoms with van der Waals surface area (Å²) in [6, 6.07) is 1.34. The summed E-state index contributed by atoms with van der Waals surface area (Å²) in [6.07, 6.45) is 1.37. The topological polar surface area (TPSA) is 47.0 Å². The fraction of sp³-hybridized carbons (Fsp3) is 0. The minimum Gasteiger partial charge on any atom is -0.246 e. The highest BCUT2D eigenvalue weighted by Gasteiger charge is 2.03. The lowest BCUT2D eigenvalue weighted by Crippen LogP contribution is -1.85. The van der Waals surface area contributed by atoms with Crippen molar-refractivity contribution < 1.29 is 8.42 Å². The third-order valence-corrected chi connectivity index (χ3v) is 2.86. The van der Waals surface area contributed by atoms with Crippen LogP contribution in [0.2, 0.25) is 5.02 Å². The highest BCUT2D eigenvalue weighted by atomic mass is 79.9. The average Bonchev–Trinajstić information content (AvgIpc) is 1.94. The number of pyridine rings is 1. The van der Waals surface area contributed by atoms with Gasteiger partial charge in [-0.1, -0.05) is 11.6 Å². The molecule has 0 amide bonds. The van der Waals surface area contributed by atoms with E-state index in [2.05, 4.69) is 20.9 Å². The standard InChI is InChI=1S/C5H3BrClNO2S/c6-5-4(11(9)10)1-3(7)2-8-5/h1-2,11H. The Balaban J connectivity index is 3.35. The molecule has 0 N–H and O–H groups in total. The summed E-state index contributed by atoms with van der Waals surface area (Å²) >= 11 is 8.49. The Bertz CT molecular complexity index is 344. The molecule has 0 aliphatic heterocycles. The van der Waals surface area contributed by atoms with Gasteiger partial charge in [0.25, 0.3) is 0 Å². The van der Waals surface area contributed by atoms with E-state index in [1.165, 1.54) is 12.3 Å². The van der Waals surface area contributed by atoms with Gasteiger partial charge in [0.2, 0.25) is 0 Å². The first-order valence-corrected chi connectivity index (χ1v) is 4.91. The maximum atomic E-state index is 10.5. The molecule has 0 bridgehead atoms. The molecule has 0 saturated carbocycles. The Morgan fingerprint density at radius 1 is 1.55 bits per heavy atom. The van der Waals surface area contributed by atoms with Gasteiger partial charge >= 0.3 is 0 Å². The van der Waals surface area contributed by atoms with Gasteiger partial charge in [0, 0.05) is 6.20 Å². The van der Waals surface area contributed by atoms with Crippen LogP contribution in [0, 0.1) is 0 Å². The zero-order chi connectivity index (χ0) is 8.43. The Kier molecular flexibility index (Phi) is 2.86. The van der Waals surface area contributed by atoms with E-state index < -0.39 is 10.7 Å². The molecule has 0 aliphatic carbocycles.